The van der Waals surface area contributed by atoms with E-state index in [9.17, 15) is 0 Å². The van der Waals surface area contributed by atoms with Gasteiger partial charge in [0.25, 0.3) is 0 Å². The molecule has 71 valence electrons. The Hall–Kier alpha value is 0.480. The van der Waals surface area contributed by atoms with Crippen molar-refractivity contribution in [2.45, 2.75) is 33.1 Å². The van der Waals surface area contributed by atoms with Crippen LogP contribution in [0.5, 0.6) is 0 Å². The van der Waals surface area contributed by atoms with E-state index in [1.807, 2.05) is 6.07 Å². The topological polar surface area (TPSA) is 0 Å². The van der Waals surface area contributed by atoms with Crippen molar-refractivity contribution in [1.29, 1.82) is 0 Å². The van der Waals surface area contributed by atoms with Gasteiger partial charge in [-0.25, -0.2) is 0 Å². The minimum absolute atomic E-state index is 0. The van der Waals surface area contributed by atoms with E-state index >= 15 is 0 Å². The van der Waals surface area contributed by atoms with Gasteiger partial charge in [-0.2, -0.15) is 35.4 Å². The van der Waals surface area contributed by atoms with Crippen molar-refractivity contribution >= 4 is 0 Å². The first-order chi connectivity index (χ1) is 5.25. The summed E-state index contributed by atoms with van der Waals surface area (Å²) < 4.78 is 0. The molecule has 0 N–H and O–H groups in total. The quantitative estimate of drug-likeness (QED) is 0.581. The molecule has 0 unspecified atom stereocenters. The Morgan fingerprint density at radius 2 is 2.08 bits per heavy atom. The molecule has 0 saturated heterocycles. The maximum absolute atomic E-state index is 3.12. The first kappa shape index (κ1) is 12.5. The molecule has 0 nitrogen and oxygen atoms in total. The molecule has 0 bridgehead atoms. The van der Waals surface area contributed by atoms with Gasteiger partial charge in [0.15, 0.2) is 0 Å². The molecule has 0 spiro atoms. The maximum Gasteiger partial charge on any atom is 0 e. The molecule has 0 aliphatic carbocycles. The average molecular weight is 312 g/mol. The van der Waals surface area contributed by atoms with Gasteiger partial charge in [0, 0.05) is 37.7 Å². The smallest absolute Gasteiger partial charge is 0 e. The van der Waals surface area contributed by atoms with Crippen molar-refractivity contribution in [3.05, 3.63) is 35.4 Å². The summed E-state index contributed by atoms with van der Waals surface area (Å²) in [6.07, 6.45) is 1.13. The van der Waals surface area contributed by atoms with Crippen molar-refractivity contribution < 1.29 is 37.7 Å². The number of hydrogen-bond donors (Lipinski definition) is 0. The number of aryl methyl sites for hydroxylation is 1. The van der Waals surface area contributed by atoms with E-state index in [4.69, 9.17) is 0 Å². The van der Waals surface area contributed by atoms with E-state index in [0.717, 1.165) is 6.42 Å². The molecule has 0 atom stereocenters. The fourth-order valence-electron chi connectivity index (χ4n) is 1.33. The SMILES string of the molecule is CCc1cc[c-]cc1C(C)C.[Ho]. The van der Waals surface area contributed by atoms with Gasteiger partial charge in [0.1, 0.15) is 0 Å². The van der Waals surface area contributed by atoms with E-state index in [2.05, 4.69) is 39.0 Å². The van der Waals surface area contributed by atoms with Gasteiger partial charge in [0.2, 0.25) is 0 Å². The monoisotopic (exact) mass is 312 g/mol. The van der Waals surface area contributed by atoms with Crippen LogP contribution < -0.4 is 0 Å². The molecule has 0 saturated carbocycles. The van der Waals surface area contributed by atoms with Crippen LogP contribution in [0, 0.1) is 43.8 Å². The zero-order valence-corrected chi connectivity index (χ0v) is 9.75. The largest absolute Gasteiger partial charge is 0.184 e. The van der Waals surface area contributed by atoms with Gasteiger partial charge in [-0.05, 0) is 0 Å². The Morgan fingerprint density at radius 3 is 2.50 bits per heavy atom. The van der Waals surface area contributed by atoms with Crippen LogP contribution in [-0.2, 0) is 6.42 Å². The molecular formula is C11H15Ho-. The molecule has 0 aromatic heterocycles. The van der Waals surface area contributed by atoms with Crippen molar-refractivity contribution in [3.8, 4) is 0 Å². The van der Waals surface area contributed by atoms with Gasteiger partial charge >= 0.3 is 0 Å². The van der Waals surface area contributed by atoms with Gasteiger partial charge < -0.3 is 0 Å². The summed E-state index contributed by atoms with van der Waals surface area (Å²) in [5.74, 6) is 0.627. The average Bonchev–Trinajstić information content (AvgIpc) is 2.04. The van der Waals surface area contributed by atoms with Crippen LogP contribution in [0.4, 0.5) is 0 Å². The van der Waals surface area contributed by atoms with Crippen LogP contribution in [-0.4, -0.2) is 0 Å². The van der Waals surface area contributed by atoms with Crippen molar-refractivity contribution in [2.75, 3.05) is 0 Å². The predicted molar refractivity (Wildman–Crippen MR) is 48.7 cm³/mol. The summed E-state index contributed by atoms with van der Waals surface area (Å²) in [6, 6.07) is 9.37. The third kappa shape index (κ3) is 3.08. The molecule has 1 aromatic rings. The van der Waals surface area contributed by atoms with Crippen LogP contribution in [0.15, 0.2) is 18.2 Å². The van der Waals surface area contributed by atoms with Gasteiger partial charge in [-0.3, -0.25) is 0 Å². The second-order valence-electron chi connectivity index (χ2n) is 3.13. The molecule has 1 rings (SSSR count). The van der Waals surface area contributed by atoms with Crippen LogP contribution in [0.3, 0.4) is 0 Å². The molecule has 1 aromatic carbocycles. The molecule has 0 heterocycles. The number of rotatable bonds is 2. The zero-order valence-electron chi connectivity index (χ0n) is 7.82. The standard InChI is InChI=1S/C11H15.Ho/c1-4-10-7-5-6-8-11(10)9(2)3;/h5,7-9H,4H2,1-3H3;/q-1;. The summed E-state index contributed by atoms with van der Waals surface area (Å²) in [6.45, 7) is 6.64. The number of benzene rings is 1. The second-order valence-corrected chi connectivity index (χ2v) is 3.13. The van der Waals surface area contributed by atoms with Crippen LogP contribution in [0.2, 0.25) is 0 Å². The Labute approximate surface area is 105 Å². The third-order valence-corrected chi connectivity index (χ3v) is 1.99. The second kappa shape index (κ2) is 6.01. The van der Waals surface area contributed by atoms with E-state index < -0.39 is 0 Å². The fraction of sp³-hybridized carbons (Fsp3) is 0.455. The maximum atomic E-state index is 3.12. The molecule has 1 heteroatoms. The van der Waals surface area contributed by atoms with Crippen molar-refractivity contribution in [1.82, 2.24) is 0 Å². The molecule has 1 radical (unpaired) electrons. The van der Waals surface area contributed by atoms with Gasteiger partial charge in [-0.15, -0.1) is 0 Å². The third-order valence-electron chi connectivity index (χ3n) is 1.99. The van der Waals surface area contributed by atoms with Crippen molar-refractivity contribution in [3.63, 3.8) is 0 Å². The molecule has 12 heavy (non-hydrogen) atoms. The molecule has 0 aliphatic rings. The van der Waals surface area contributed by atoms with E-state index in [1.165, 1.54) is 11.1 Å². The van der Waals surface area contributed by atoms with E-state index in [0.29, 0.717) is 5.92 Å². The Balaban J connectivity index is 0.00000121. The number of hydrogen-bond acceptors (Lipinski definition) is 0. The molecule has 0 aliphatic heterocycles. The molecule has 0 amide bonds. The normalized spacial score (nSPS) is 9.67. The van der Waals surface area contributed by atoms with Crippen LogP contribution in [0.1, 0.15) is 37.8 Å². The molecular weight excluding hydrogens is 297 g/mol. The first-order valence-corrected chi connectivity index (χ1v) is 4.24. The van der Waals surface area contributed by atoms with Crippen LogP contribution in [0.25, 0.3) is 0 Å². The minimum atomic E-state index is 0. The zero-order chi connectivity index (χ0) is 8.27. The predicted octanol–water partition coefficient (Wildman–Crippen LogP) is 3.17. The van der Waals surface area contributed by atoms with Crippen molar-refractivity contribution in [2.24, 2.45) is 0 Å². The summed E-state index contributed by atoms with van der Waals surface area (Å²) in [4.78, 5) is 0. The van der Waals surface area contributed by atoms with Crippen LogP contribution >= 0.6 is 0 Å². The summed E-state index contributed by atoms with van der Waals surface area (Å²) in [5, 5.41) is 0. The van der Waals surface area contributed by atoms with E-state index in [1.54, 1.807) is 0 Å². The summed E-state index contributed by atoms with van der Waals surface area (Å²) in [7, 11) is 0. The first-order valence-electron chi connectivity index (χ1n) is 4.24. The van der Waals surface area contributed by atoms with E-state index in [-0.39, 0.29) is 37.7 Å². The minimum Gasteiger partial charge on any atom is -0.184 e. The Kier molecular flexibility index (Phi) is 6.25. The van der Waals surface area contributed by atoms with Gasteiger partial charge in [0.05, 0.1) is 0 Å². The van der Waals surface area contributed by atoms with Gasteiger partial charge in [-0.1, -0.05) is 33.1 Å². The summed E-state index contributed by atoms with van der Waals surface area (Å²) >= 11 is 0. The fourth-order valence-corrected chi connectivity index (χ4v) is 1.33. The molecule has 0 fully saturated rings. The summed E-state index contributed by atoms with van der Waals surface area (Å²) in [5.41, 5.74) is 2.90. The Bertz CT molecular complexity index is 228. The Morgan fingerprint density at radius 1 is 1.42 bits per heavy atom.